The number of nitrogens with zero attached hydrogens (tertiary/aromatic N) is 1. The van der Waals surface area contributed by atoms with Crippen LogP contribution in [0.2, 0.25) is 0 Å². The topological polar surface area (TPSA) is 35.5 Å². The molecule has 0 bridgehead atoms. The van der Waals surface area contributed by atoms with Crippen LogP contribution in [0.1, 0.15) is 32.4 Å². The van der Waals surface area contributed by atoms with Crippen LogP contribution in [-0.4, -0.2) is 31.3 Å². The molecule has 0 aliphatic rings. The maximum absolute atomic E-state index is 9.30. The fraction of sp³-hybridized carbons (Fsp3) is 0.571. The molecule has 0 amide bonds. The summed E-state index contributed by atoms with van der Waals surface area (Å²) in [7, 11) is 2.02. The van der Waals surface area contributed by atoms with Crippen molar-refractivity contribution in [2.24, 2.45) is 0 Å². The van der Waals surface area contributed by atoms with E-state index in [1.807, 2.05) is 14.0 Å². The van der Waals surface area contributed by atoms with Crippen molar-refractivity contribution in [3.63, 3.8) is 0 Å². The van der Waals surface area contributed by atoms with Crippen LogP contribution in [0.3, 0.4) is 0 Å². The average Bonchev–Trinajstić information content (AvgIpc) is 2.37. The lowest BCUT2D eigenvalue weighted by molar-refractivity contribution is 0.270. The maximum Gasteiger partial charge on any atom is 0.0632 e. The Bertz CT molecular complexity index is 384. The highest BCUT2D eigenvalue weighted by Crippen LogP contribution is 2.30. The van der Waals surface area contributed by atoms with Crippen LogP contribution in [0.5, 0.6) is 0 Å². The van der Waals surface area contributed by atoms with E-state index in [2.05, 4.69) is 58.2 Å². The Kier molecular flexibility index (Phi) is 6.12. The molecular weight excluding hydrogens is 292 g/mol. The highest BCUT2D eigenvalue weighted by molar-refractivity contribution is 9.10. The number of hydrogen-bond donors (Lipinski definition) is 2. The standard InChI is InChI=1S/C14H23BrN2O/c1-5-16-11(3)13-7-6-12(15)8-14(13)17(4)10(2)9-18/h6-8,10-11,16,18H,5,9H2,1-4H3. The molecule has 0 saturated heterocycles. The lowest BCUT2D eigenvalue weighted by Crippen LogP contribution is -2.33. The number of aliphatic hydroxyl groups is 1. The van der Waals surface area contributed by atoms with Gasteiger partial charge in [0.25, 0.3) is 0 Å². The number of benzene rings is 1. The first-order valence-corrected chi connectivity index (χ1v) is 7.17. The molecule has 1 aromatic carbocycles. The molecule has 102 valence electrons. The zero-order chi connectivity index (χ0) is 13.7. The van der Waals surface area contributed by atoms with Crippen LogP contribution in [0.25, 0.3) is 0 Å². The Balaban J connectivity index is 3.10. The monoisotopic (exact) mass is 314 g/mol. The SMILES string of the molecule is CCNC(C)c1ccc(Br)cc1N(C)C(C)CO. The normalized spacial score (nSPS) is 14.3. The quantitative estimate of drug-likeness (QED) is 0.847. The van der Waals surface area contributed by atoms with Gasteiger partial charge in [-0.1, -0.05) is 28.9 Å². The van der Waals surface area contributed by atoms with Gasteiger partial charge in [0.05, 0.1) is 6.61 Å². The minimum Gasteiger partial charge on any atom is -0.394 e. The summed E-state index contributed by atoms with van der Waals surface area (Å²) in [5.41, 5.74) is 2.40. The molecule has 0 spiro atoms. The average molecular weight is 315 g/mol. The highest BCUT2D eigenvalue weighted by Gasteiger charge is 2.16. The van der Waals surface area contributed by atoms with E-state index in [0.717, 1.165) is 16.7 Å². The summed E-state index contributed by atoms with van der Waals surface area (Å²) >= 11 is 3.51. The van der Waals surface area contributed by atoms with E-state index in [4.69, 9.17) is 0 Å². The van der Waals surface area contributed by atoms with Gasteiger partial charge in [-0.15, -0.1) is 0 Å². The molecule has 2 N–H and O–H groups in total. The first-order valence-electron chi connectivity index (χ1n) is 6.37. The predicted octanol–water partition coefficient (Wildman–Crippen LogP) is 2.94. The number of halogens is 1. The Morgan fingerprint density at radius 3 is 2.61 bits per heavy atom. The van der Waals surface area contributed by atoms with Gasteiger partial charge in [-0.25, -0.2) is 0 Å². The van der Waals surface area contributed by atoms with Gasteiger partial charge in [0.15, 0.2) is 0 Å². The number of likely N-dealkylation sites (N-methyl/N-ethyl adjacent to an activating group) is 1. The van der Waals surface area contributed by atoms with Crippen LogP contribution in [0.15, 0.2) is 22.7 Å². The summed E-state index contributed by atoms with van der Waals surface area (Å²) in [6.07, 6.45) is 0. The number of rotatable bonds is 6. The van der Waals surface area contributed by atoms with Crippen molar-refractivity contribution in [1.82, 2.24) is 5.32 Å². The minimum absolute atomic E-state index is 0.104. The third-order valence-corrected chi connectivity index (χ3v) is 3.77. The van der Waals surface area contributed by atoms with E-state index in [0.29, 0.717) is 6.04 Å². The summed E-state index contributed by atoms with van der Waals surface area (Å²) in [6, 6.07) is 6.70. The van der Waals surface area contributed by atoms with Gasteiger partial charge >= 0.3 is 0 Å². The van der Waals surface area contributed by atoms with Crippen LogP contribution in [-0.2, 0) is 0 Å². The fourth-order valence-corrected chi connectivity index (χ4v) is 2.31. The predicted molar refractivity (Wildman–Crippen MR) is 81.2 cm³/mol. The van der Waals surface area contributed by atoms with Gasteiger partial charge < -0.3 is 15.3 Å². The Morgan fingerprint density at radius 1 is 1.39 bits per heavy atom. The Morgan fingerprint density at radius 2 is 2.06 bits per heavy atom. The zero-order valence-electron chi connectivity index (χ0n) is 11.6. The largest absolute Gasteiger partial charge is 0.394 e. The first-order chi connectivity index (χ1) is 8.51. The number of hydrogen-bond acceptors (Lipinski definition) is 3. The van der Waals surface area contributed by atoms with Crippen molar-refractivity contribution >= 4 is 21.6 Å². The van der Waals surface area contributed by atoms with Gasteiger partial charge in [-0.2, -0.15) is 0 Å². The molecule has 0 fully saturated rings. The van der Waals surface area contributed by atoms with Crippen molar-refractivity contribution in [2.75, 3.05) is 25.1 Å². The molecule has 1 rings (SSSR count). The fourth-order valence-electron chi connectivity index (χ4n) is 1.96. The molecular formula is C14H23BrN2O. The number of aliphatic hydroxyl groups excluding tert-OH is 1. The molecule has 2 atom stereocenters. The number of nitrogens with one attached hydrogen (secondary N) is 1. The molecule has 0 aromatic heterocycles. The minimum atomic E-state index is 0.104. The first kappa shape index (κ1) is 15.5. The van der Waals surface area contributed by atoms with E-state index in [9.17, 15) is 5.11 Å². The van der Waals surface area contributed by atoms with Gasteiger partial charge in [0.2, 0.25) is 0 Å². The molecule has 1 aromatic rings. The third-order valence-electron chi connectivity index (χ3n) is 3.27. The van der Waals surface area contributed by atoms with Crippen molar-refractivity contribution < 1.29 is 5.11 Å². The van der Waals surface area contributed by atoms with E-state index in [1.165, 1.54) is 5.56 Å². The second-order valence-corrected chi connectivity index (χ2v) is 5.54. The van der Waals surface area contributed by atoms with E-state index >= 15 is 0 Å². The molecule has 0 heterocycles. The van der Waals surface area contributed by atoms with Gasteiger partial charge in [-0.05, 0) is 38.1 Å². The lowest BCUT2D eigenvalue weighted by atomic mass is 10.0. The second-order valence-electron chi connectivity index (χ2n) is 4.63. The van der Waals surface area contributed by atoms with Gasteiger partial charge in [-0.3, -0.25) is 0 Å². The summed E-state index contributed by atoms with van der Waals surface area (Å²) in [4.78, 5) is 2.12. The second kappa shape index (κ2) is 7.12. The molecule has 2 unspecified atom stereocenters. The summed E-state index contributed by atoms with van der Waals surface area (Å²) in [6.45, 7) is 7.37. The van der Waals surface area contributed by atoms with Crippen LogP contribution >= 0.6 is 15.9 Å². The molecule has 4 heteroatoms. The molecule has 0 aliphatic heterocycles. The zero-order valence-corrected chi connectivity index (χ0v) is 13.2. The number of anilines is 1. The van der Waals surface area contributed by atoms with Crippen LogP contribution in [0, 0.1) is 0 Å². The van der Waals surface area contributed by atoms with Crippen LogP contribution < -0.4 is 10.2 Å². The summed E-state index contributed by atoms with van der Waals surface area (Å²) in [5.74, 6) is 0. The van der Waals surface area contributed by atoms with Gasteiger partial charge in [0, 0.05) is 29.3 Å². The van der Waals surface area contributed by atoms with Gasteiger partial charge in [0.1, 0.15) is 0 Å². The maximum atomic E-state index is 9.30. The molecule has 0 aliphatic carbocycles. The molecule has 3 nitrogen and oxygen atoms in total. The Labute approximate surface area is 118 Å². The molecule has 0 radical (unpaired) electrons. The summed E-state index contributed by atoms with van der Waals surface area (Å²) in [5, 5.41) is 12.7. The van der Waals surface area contributed by atoms with Crippen molar-refractivity contribution in [1.29, 1.82) is 0 Å². The molecule has 0 saturated carbocycles. The van der Waals surface area contributed by atoms with E-state index in [1.54, 1.807) is 0 Å². The van der Waals surface area contributed by atoms with Crippen LogP contribution in [0.4, 0.5) is 5.69 Å². The smallest absolute Gasteiger partial charge is 0.0632 e. The van der Waals surface area contributed by atoms with Crippen molar-refractivity contribution in [3.8, 4) is 0 Å². The third kappa shape index (κ3) is 3.70. The molecule has 18 heavy (non-hydrogen) atoms. The van der Waals surface area contributed by atoms with Crippen molar-refractivity contribution in [3.05, 3.63) is 28.2 Å². The van der Waals surface area contributed by atoms with E-state index < -0.39 is 0 Å². The van der Waals surface area contributed by atoms with E-state index in [-0.39, 0.29) is 12.6 Å². The highest BCUT2D eigenvalue weighted by atomic mass is 79.9. The summed E-state index contributed by atoms with van der Waals surface area (Å²) < 4.78 is 1.06. The Hall–Kier alpha value is -0.580. The van der Waals surface area contributed by atoms with Crippen molar-refractivity contribution in [2.45, 2.75) is 32.9 Å². The lowest BCUT2D eigenvalue weighted by Gasteiger charge is -2.30.